The normalized spacial score (nSPS) is 21.4. The minimum Gasteiger partial charge on any atom is -0.496 e. The molecule has 1 aliphatic rings. The molecule has 1 aromatic carbocycles. The van der Waals surface area contributed by atoms with Gasteiger partial charge in [0.15, 0.2) is 0 Å². The van der Waals surface area contributed by atoms with Crippen LogP contribution in [-0.4, -0.2) is 54.8 Å². The first-order valence-electron chi connectivity index (χ1n) is 6.38. The summed E-state index contributed by atoms with van der Waals surface area (Å²) in [4.78, 5) is 25.3. The molecule has 1 amide bonds. The summed E-state index contributed by atoms with van der Waals surface area (Å²) in [5.41, 5.74) is 0.337. The van der Waals surface area contributed by atoms with Crippen molar-refractivity contribution in [3.63, 3.8) is 0 Å². The van der Waals surface area contributed by atoms with Gasteiger partial charge in [0.1, 0.15) is 11.8 Å². The number of benzene rings is 1. The zero-order chi connectivity index (χ0) is 15.6. The number of hydrogen-bond acceptors (Lipinski definition) is 4. The summed E-state index contributed by atoms with van der Waals surface area (Å²) in [7, 11) is 2.98. The maximum absolute atomic E-state index is 12.6. The Hall–Kier alpha value is -1.60. The van der Waals surface area contributed by atoms with Crippen molar-refractivity contribution in [3.05, 3.63) is 28.2 Å². The molecule has 6 nitrogen and oxygen atoms in total. The first kappa shape index (κ1) is 15.8. The highest BCUT2D eigenvalue weighted by atomic mass is 79.9. The second-order valence-corrected chi connectivity index (χ2v) is 5.67. The zero-order valence-electron chi connectivity index (χ0n) is 11.7. The minimum atomic E-state index is -1.03. The first-order valence-corrected chi connectivity index (χ1v) is 7.17. The molecule has 0 saturated carbocycles. The number of carboxylic acids is 1. The molecule has 2 atom stereocenters. The number of carbonyl (C=O) groups is 2. The smallest absolute Gasteiger partial charge is 0.326 e. The van der Waals surface area contributed by atoms with Crippen LogP contribution in [0.15, 0.2) is 22.7 Å². The summed E-state index contributed by atoms with van der Waals surface area (Å²) in [5.74, 6) is -0.996. The Kier molecular flexibility index (Phi) is 4.84. The van der Waals surface area contributed by atoms with Crippen LogP contribution in [0, 0.1) is 0 Å². The van der Waals surface area contributed by atoms with E-state index in [0.717, 1.165) is 4.47 Å². The third-order valence-electron chi connectivity index (χ3n) is 3.54. The van der Waals surface area contributed by atoms with E-state index in [4.69, 9.17) is 9.47 Å². The van der Waals surface area contributed by atoms with Gasteiger partial charge in [-0.25, -0.2) is 4.79 Å². The molecule has 1 aromatic rings. The van der Waals surface area contributed by atoms with E-state index < -0.39 is 12.0 Å². The van der Waals surface area contributed by atoms with E-state index >= 15 is 0 Å². The predicted molar refractivity (Wildman–Crippen MR) is 78.6 cm³/mol. The monoisotopic (exact) mass is 357 g/mol. The Morgan fingerprint density at radius 1 is 1.38 bits per heavy atom. The van der Waals surface area contributed by atoms with E-state index in [0.29, 0.717) is 11.3 Å². The number of rotatable bonds is 4. The second-order valence-electron chi connectivity index (χ2n) is 4.75. The fraction of sp³-hybridized carbons (Fsp3) is 0.429. The number of nitrogens with zero attached hydrogens (tertiary/aromatic N) is 1. The first-order chi connectivity index (χ1) is 9.97. The highest BCUT2D eigenvalue weighted by Gasteiger charge is 2.40. The van der Waals surface area contributed by atoms with Crippen molar-refractivity contribution < 1.29 is 24.2 Å². The van der Waals surface area contributed by atoms with Gasteiger partial charge in [-0.3, -0.25) is 4.79 Å². The molecule has 0 bridgehead atoms. The van der Waals surface area contributed by atoms with Gasteiger partial charge < -0.3 is 19.5 Å². The third kappa shape index (κ3) is 3.19. The van der Waals surface area contributed by atoms with Crippen molar-refractivity contribution >= 4 is 27.8 Å². The summed E-state index contributed by atoms with van der Waals surface area (Å²) >= 11 is 3.31. The van der Waals surface area contributed by atoms with Gasteiger partial charge >= 0.3 is 5.97 Å². The van der Waals surface area contributed by atoms with Crippen LogP contribution in [0.5, 0.6) is 5.75 Å². The summed E-state index contributed by atoms with van der Waals surface area (Å²) < 4.78 is 11.2. The van der Waals surface area contributed by atoms with Crippen LogP contribution in [0.25, 0.3) is 0 Å². The number of methoxy groups -OCH3 is 2. The molecule has 1 heterocycles. The Labute approximate surface area is 130 Å². The third-order valence-corrected chi connectivity index (χ3v) is 4.03. The molecule has 1 saturated heterocycles. The lowest BCUT2D eigenvalue weighted by Crippen LogP contribution is -2.40. The number of carboxylic acid groups (broad SMARTS) is 1. The maximum atomic E-state index is 12.6. The number of aliphatic carboxylic acids is 1. The lowest BCUT2D eigenvalue weighted by molar-refractivity contribution is -0.141. The van der Waals surface area contributed by atoms with Gasteiger partial charge in [0.25, 0.3) is 5.91 Å². The highest BCUT2D eigenvalue weighted by Crippen LogP contribution is 2.28. The summed E-state index contributed by atoms with van der Waals surface area (Å²) in [6.07, 6.45) is 0.0210. The zero-order valence-corrected chi connectivity index (χ0v) is 13.3. The number of hydrogen-bond donors (Lipinski definition) is 1. The van der Waals surface area contributed by atoms with Gasteiger partial charge in [-0.1, -0.05) is 15.9 Å². The van der Waals surface area contributed by atoms with Gasteiger partial charge in [-0.05, 0) is 18.2 Å². The van der Waals surface area contributed by atoms with Crippen LogP contribution in [0.4, 0.5) is 0 Å². The van der Waals surface area contributed by atoms with E-state index in [1.54, 1.807) is 18.2 Å². The lowest BCUT2D eigenvalue weighted by Gasteiger charge is -2.22. The standard InChI is InChI=1S/C14H16BrNO5/c1-20-9-6-11(14(18)19)16(7-9)13(17)10-4-3-8(15)5-12(10)21-2/h3-5,9,11H,6-7H2,1-2H3,(H,18,19). The van der Waals surface area contributed by atoms with E-state index in [-0.39, 0.29) is 25.0 Å². The molecule has 0 spiro atoms. The van der Waals surface area contributed by atoms with E-state index in [1.165, 1.54) is 19.1 Å². The predicted octanol–water partition coefficient (Wildman–Crippen LogP) is 1.77. The Morgan fingerprint density at radius 3 is 2.67 bits per heavy atom. The highest BCUT2D eigenvalue weighted by molar-refractivity contribution is 9.10. The van der Waals surface area contributed by atoms with Gasteiger partial charge in [0, 0.05) is 24.5 Å². The molecule has 0 radical (unpaired) electrons. The average molecular weight is 358 g/mol. The van der Waals surface area contributed by atoms with Gasteiger partial charge in [0.05, 0.1) is 18.8 Å². The summed E-state index contributed by atoms with van der Waals surface area (Å²) in [5, 5.41) is 9.28. The molecule has 0 aromatic heterocycles. The van der Waals surface area contributed by atoms with Crippen molar-refractivity contribution in [2.24, 2.45) is 0 Å². The average Bonchev–Trinajstić information content (AvgIpc) is 2.91. The number of ether oxygens (including phenoxy) is 2. The number of likely N-dealkylation sites (tertiary alicyclic amines) is 1. The number of carbonyl (C=O) groups excluding carboxylic acids is 1. The van der Waals surface area contributed by atoms with E-state index in [9.17, 15) is 14.7 Å². The summed E-state index contributed by atoms with van der Waals surface area (Å²) in [6, 6.07) is 4.13. The van der Waals surface area contributed by atoms with Crippen LogP contribution in [0.3, 0.4) is 0 Å². The quantitative estimate of drug-likeness (QED) is 0.888. The molecule has 1 fully saturated rings. The number of halogens is 1. The van der Waals surface area contributed by atoms with E-state index in [1.807, 2.05) is 0 Å². The molecule has 2 rings (SSSR count). The largest absolute Gasteiger partial charge is 0.496 e. The molecule has 1 aliphatic heterocycles. The lowest BCUT2D eigenvalue weighted by atomic mass is 10.1. The van der Waals surface area contributed by atoms with Crippen LogP contribution in [0.2, 0.25) is 0 Å². The van der Waals surface area contributed by atoms with Gasteiger partial charge in [-0.15, -0.1) is 0 Å². The molecule has 7 heteroatoms. The molecule has 0 aliphatic carbocycles. The summed E-state index contributed by atoms with van der Waals surface area (Å²) in [6.45, 7) is 0.255. The molecule has 2 unspecified atom stereocenters. The van der Waals surface area contributed by atoms with Crippen molar-refractivity contribution in [2.75, 3.05) is 20.8 Å². The Bertz CT molecular complexity index is 562. The Morgan fingerprint density at radius 2 is 2.10 bits per heavy atom. The van der Waals surface area contributed by atoms with Crippen LogP contribution < -0.4 is 4.74 Å². The molecule has 114 valence electrons. The molecular weight excluding hydrogens is 342 g/mol. The fourth-order valence-electron chi connectivity index (χ4n) is 2.42. The molecular formula is C14H16BrNO5. The Balaban J connectivity index is 2.32. The molecule has 1 N–H and O–H groups in total. The van der Waals surface area contributed by atoms with Crippen molar-refractivity contribution in [1.29, 1.82) is 0 Å². The van der Waals surface area contributed by atoms with E-state index in [2.05, 4.69) is 15.9 Å². The topological polar surface area (TPSA) is 76.1 Å². The minimum absolute atomic E-state index is 0.255. The number of amides is 1. The second kappa shape index (κ2) is 6.44. The maximum Gasteiger partial charge on any atom is 0.326 e. The van der Waals surface area contributed by atoms with Crippen LogP contribution in [0.1, 0.15) is 16.8 Å². The fourth-order valence-corrected chi connectivity index (χ4v) is 2.76. The van der Waals surface area contributed by atoms with Gasteiger partial charge in [0.2, 0.25) is 0 Å². The van der Waals surface area contributed by atoms with Crippen molar-refractivity contribution in [2.45, 2.75) is 18.6 Å². The van der Waals surface area contributed by atoms with Crippen molar-refractivity contribution in [3.8, 4) is 5.75 Å². The van der Waals surface area contributed by atoms with Gasteiger partial charge in [-0.2, -0.15) is 0 Å². The van der Waals surface area contributed by atoms with Crippen LogP contribution in [-0.2, 0) is 9.53 Å². The SMILES string of the molecule is COc1cc(Br)ccc1C(=O)N1CC(OC)CC1C(=O)O. The van der Waals surface area contributed by atoms with Crippen molar-refractivity contribution in [1.82, 2.24) is 4.90 Å². The van der Waals surface area contributed by atoms with Crippen LogP contribution >= 0.6 is 15.9 Å². The molecule has 21 heavy (non-hydrogen) atoms.